The predicted molar refractivity (Wildman–Crippen MR) is 54.8 cm³/mol. The number of hydrogen-bond acceptors (Lipinski definition) is 4. The lowest BCUT2D eigenvalue weighted by atomic mass is 10.3. The Morgan fingerprint density at radius 2 is 2.14 bits per heavy atom. The van der Waals surface area contributed by atoms with Crippen LogP contribution in [0.2, 0.25) is 10.4 Å². The van der Waals surface area contributed by atoms with Crippen LogP contribution in [-0.2, 0) is 0 Å². The molecule has 6 heteroatoms. The first-order chi connectivity index (χ1) is 6.59. The van der Waals surface area contributed by atoms with Crippen LogP contribution in [-0.4, -0.2) is 21.8 Å². The Morgan fingerprint density at radius 3 is 2.79 bits per heavy atom. The average molecular weight is 234 g/mol. The van der Waals surface area contributed by atoms with E-state index >= 15 is 0 Å². The minimum Gasteiger partial charge on any atom is -0.475 e. The van der Waals surface area contributed by atoms with Gasteiger partial charge in [0.15, 0.2) is 0 Å². The molecule has 14 heavy (non-hydrogen) atoms. The topological polar surface area (TPSA) is 47.9 Å². The van der Waals surface area contributed by atoms with Crippen molar-refractivity contribution < 1.29 is 4.74 Å². The molecule has 0 spiro atoms. The molecule has 0 radical (unpaired) electrons. The number of nitrogens with zero attached hydrogens (tertiary/aromatic N) is 3. The number of hydrogen-bond donors (Lipinski definition) is 0. The summed E-state index contributed by atoms with van der Waals surface area (Å²) in [6.07, 6.45) is 0.734. The van der Waals surface area contributed by atoms with E-state index in [1.54, 1.807) is 0 Å². The first kappa shape index (κ1) is 11.2. The largest absolute Gasteiger partial charge is 0.475 e. The van der Waals surface area contributed by atoms with Crippen LogP contribution >= 0.6 is 23.2 Å². The monoisotopic (exact) mass is 233 g/mol. The fourth-order valence-corrected chi connectivity index (χ4v) is 0.943. The van der Waals surface area contributed by atoms with Gasteiger partial charge in [-0.3, -0.25) is 0 Å². The number of halogens is 2. The lowest BCUT2D eigenvalue weighted by molar-refractivity contribution is 0.307. The molecule has 0 saturated carbocycles. The van der Waals surface area contributed by atoms with Crippen molar-refractivity contribution in [3.8, 4) is 5.88 Å². The molecule has 1 heterocycles. The van der Waals surface area contributed by atoms with Gasteiger partial charge in [-0.05, 0) is 18.5 Å². The summed E-state index contributed by atoms with van der Waals surface area (Å²) in [6, 6.07) is 0. The summed E-state index contributed by atoms with van der Waals surface area (Å²) in [5.41, 5.74) is 1.02. The van der Waals surface area contributed by atoms with Gasteiger partial charge in [0.1, 0.15) is 0 Å². The molecule has 0 aliphatic rings. The van der Waals surface area contributed by atoms with Crippen molar-refractivity contribution >= 4 is 23.2 Å². The average Bonchev–Trinajstić information content (AvgIpc) is 2.10. The van der Waals surface area contributed by atoms with Gasteiger partial charge in [0.2, 0.25) is 10.4 Å². The Bertz CT molecular complexity index is 343. The summed E-state index contributed by atoms with van der Waals surface area (Å²) < 4.78 is 5.24. The highest BCUT2D eigenvalue weighted by Gasteiger charge is 2.06. The maximum absolute atomic E-state index is 5.67. The third-order valence-electron chi connectivity index (χ3n) is 1.36. The zero-order valence-corrected chi connectivity index (χ0v) is 9.14. The number of aromatic nitrogens is 3. The molecule has 0 amide bonds. The van der Waals surface area contributed by atoms with E-state index < -0.39 is 0 Å². The first-order valence-corrected chi connectivity index (χ1v) is 4.68. The molecule has 1 rings (SSSR count). The van der Waals surface area contributed by atoms with Gasteiger partial charge in [-0.2, -0.15) is 4.98 Å². The quantitative estimate of drug-likeness (QED) is 0.751. The smallest absolute Gasteiger partial charge is 0.256 e. The van der Waals surface area contributed by atoms with Crippen LogP contribution in [0.3, 0.4) is 0 Å². The minimum absolute atomic E-state index is 0.0136. The van der Waals surface area contributed by atoms with E-state index in [-0.39, 0.29) is 16.3 Å². The number of ether oxygens (including phenoxy) is 1. The van der Waals surface area contributed by atoms with Crippen molar-refractivity contribution in [3.05, 3.63) is 22.6 Å². The van der Waals surface area contributed by atoms with Crippen LogP contribution in [0.4, 0.5) is 0 Å². The van der Waals surface area contributed by atoms with Crippen molar-refractivity contribution in [2.75, 3.05) is 6.61 Å². The highest BCUT2D eigenvalue weighted by Crippen LogP contribution is 2.19. The Labute approximate surface area is 91.9 Å². The van der Waals surface area contributed by atoms with Gasteiger partial charge >= 0.3 is 0 Å². The fraction of sp³-hybridized carbons (Fsp3) is 0.375. The van der Waals surface area contributed by atoms with Crippen molar-refractivity contribution in [1.29, 1.82) is 0 Å². The predicted octanol–water partition coefficient (Wildman–Crippen LogP) is 2.52. The molecule has 0 aliphatic heterocycles. The zero-order chi connectivity index (χ0) is 10.6. The Hall–Kier alpha value is -0.870. The molecule has 0 atom stereocenters. The minimum atomic E-state index is 0.0136. The zero-order valence-electron chi connectivity index (χ0n) is 7.63. The summed E-state index contributed by atoms with van der Waals surface area (Å²) in [7, 11) is 0. The molecule has 0 saturated heterocycles. The molecule has 0 aromatic carbocycles. The van der Waals surface area contributed by atoms with E-state index in [1.807, 2.05) is 6.92 Å². The lowest BCUT2D eigenvalue weighted by Crippen LogP contribution is -2.02. The Kier molecular flexibility index (Phi) is 4.10. The van der Waals surface area contributed by atoms with Crippen molar-refractivity contribution in [2.24, 2.45) is 0 Å². The first-order valence-electron chi connectivity index (χ1n) is 3.92. The molecule has 4 nitrogen and oxygen atoms in total. The van der Waals surface area contributed by atoms with Crippen molar-refractivity contribution in [2.45, 2.75) is 13.3 Å². The third kappa shape index (κ3) is 3.47. The molecule has 0 bridgehead atoms. The molecule has 1 aromatic rings. The van der Waals surface area contributed by atoms with E-state index in [9.17, 15) is 0 Å². The van der Waals surface area contributed by atoms with Gasteiger partial charge in [-0.1, -0.05) is 17.2 Å². The van der Waals surface area contributed by atoms with Crippen molar-refractivity contribution in [1.82, 2.24) is 15.2 Å². The molecule has 1 aromatic heterocycles. The highest BCUT2D eigenvalue weighted by atomic mass is 35.5. The fourth-order valence-electron chi connectivity index (χ4n) is 0.694. The van der Waals surface area contributed by atoms with E-state index in [2.05, 4.69) is 21.8 Å². The highest BCUT2D eigenvalue weighted by molar-refractivity contribution is 6.31. The van der Waals surface area contributed by atoms with Gasteiger partial charge in [-0.15, -0.1) is 16.8 Å². The normalized spacial score (nSPS) is 9.93. The molecule has 0 N–H and O–H groups in total. The van der Waals surface area contributed by atoms with Crippen LogP contribution in [0.5, 0.6) is 5.88 Å². The van der Waals surface area contributed by atoms with Crippen LogP contribution in [0.15, 0.2) is 12.2 Å². The van der Waals surface area contributed by atoms with E-state index in [0.29, 0.717) is 6.61 Å². The molecule has 76 valence electrons. The van der Waals surface area contributed by atoms with Gasteiger partial charge in [0.25, 0.3) is 5.88 Å². The van der Waals surface area contributed by atoms with Gasteiger partial charge in [-0.25, -0.2) is 0 Å². The number of rotatable bonds is 4. The maximum atomic E-state index is 5.67. The van der Waals surface area contributed by atoms with Gasteiger partial charge in [0, 0.05) is 6.42 Å². The Balaban J connectivity index is 2.57. The van der Waals surface area contributed by atoms with E-state index in [1.165, 1.54) is 0 Å². The lowest BCUT2D eigenvalue weighted by Gasteiger charge is -2.05. The summed E-state index contributed by atoms with van der Waals surface area (Å²) in [6.45, 7) is 6.10. The van der Waals surface area contributed by atoms with Crippen LogP contribution in [0.25, 0.3) is 0 Å². The van der Waals surface area contributed by atoms with Gasteiger partial charge in [0.05, 0.1) is 6.61 Å². The summed E-state index contributed by atoms with van der Waals surface area (Å²) in [5, 5.41) is 7.13. The second kappa shape index (κ2) is 5.12. The second-order valence-corrected chi connectivity index (χ2v) is 3.43. The summed E-state index contributed by atoms with van der Waals surface area (Å²) in [5.74, 6) is 0.202. The van der Waals surface area contributed by atoms with E-state index in [4.69, 9.17) is 27.9 Å². The SMILES string of the molecule is C=C(C)CCOc1nc(Cl)nnc1Cl. The maximum Gasteiger partial charge on any atom is 0.256 e. The molecule has 0 unspecified atom stereocenters. The van der Waals surface area contributed by atoms with Gasteiger partial charge < -0.3 is 4.74 Å². The van der Waals surface area contributed by atoms with Crippen LogP contribution < -0.4 is 4.74 Å². The molecule has 0 aliphatic carbocycles. The van der Waals surface area contributed by atoms with E-state index in [0.717, 1.165) is 12.0 Å². The van der Waals surface area contributed by atoms with Crippen molar-refractivity contribution in [3.63, 3.8) is 0 Å². The third-order valence-corrected chi connectivity index (χ3v) is 1.76. The van der Waals surface area contributed by atoms with Crippen LogP contribution in [0.1, 0.15) is 13.3 Å². The molecule has 0 fully saturated rings. The summed E-state index contributed by atoms with van der Waals surface area (Å²) in [4.78, 5) is 3.78. The standard InChI is InChI=1S/C8H9Cl2N3O/c1-5(2)3-4-14-7-6(9)12-13-8(10)11-7/h1,3-4H2,2H3. The second-order valence-electron chi connectivity index (χ2n) is 2.73. The molecular weight excluding hydrogens is 225 g/mol. The van der Waals surface area contributed by atoms with Crippen LogP contribution in [0, 0.1) is 0 Å². The summed E-state index contributed by atoms with van der Waals surface area (Å²) >= 11 is 11.2. The molecular formula is C8H9Cl2N3O. The Morgan fingerprint density at radius 1 is 1.43 bits per heavy atom.